The molecule has 0 aliphatic heterocycles. The molecular weight excluding hydrogens is 270 g/mol. The summed E-state index contributed by atoms with van der Waals surface area (Å²) in [5.41, 5.74) is 0.904. The van der Waals surface area contributed by atoms with E-state index in [1.54, 1.807) is 6.07 Å². The number of hydrogen-bond donors (Lipinski definition) is 0. The van der Waals surface area contributed by atoms with Crippen molar-refractivity contribution in [3.8, 4) is 11.5 Å². The third kappa shape index (κ3) is 3.42. The second-order valence-corrected chi connectivity index (χ2v) is 4.46. The number of fused-ring (bicyclic) bond motifs is 1. The SMILES string of the molecule is CCCOc1ccc2nc(C(=O)OC)cc(OCC)c2c1. The molecule has 0 aliphatic rings. The average Bonchev–Trinajstić information content (AvgIpc) is 2.52. The van der Waals surface area contributed by atoms with Crippen molar-refractivity contribution in [1.82, 2.24) is 4.98 Å². The Labute approximate surface area is 123 Å². The van der Waals surface area contributed by atoms with Gasteiger partial charge in [-0.1, -0.05) is 6.92 Å². The molecule has 0 unspecified atom stereocenters. The number of benzene rings is 1. The number of ether oxygens (including phenoxy) is 3. The minimum absolute atomic E-state index is 0.232. The molecule has 0 radical (unpaired) electrons. The lowest BCUT2D eigenvalue weighted by atomic mass is 10.1. The van der Waals surface area contributed by atoms with Crippen LogP contribution in [0.1, 0.15) is 30.8 Å². The molecule has 1 heterocycles. The van der Waals surface area contributed by atoms with E-state index in [0.717, 1.165) is 17.6 Å². The van der Waals surface area contributed by atoms with Crippen LogP contribution in [0.5, 0.6) is 11.5 Å². The van der Waals surface area contributed by atoms with Crippen LogP contribution in [0.25, 0.3) is 10.9 Å². The summed E-state index contributed by atoms with van der Waals surface area (Å²) in [5.74, 6) is 0.881. The first-order valence-corrected chi connectivity index (χ1v) is 6.98. The smallest absolute Gasteiger partial charge is 0.356 e. The number of esters is 1. The van der Waals surface area contributed by atoms with Gasteiger partial charge in [0.15, 0.2) is 5.69 Å². The van der Waals surface area contributed by atoms with E-state index in [4.69, 9.17) is 14.2 Å². The summed E-state index contributed by atoms with van der Waals surface area (Å²) in [6, 6.07) is 7.13. The molecule has 5 heteroatoms. The Kier molecular flexibility index (Phi) is 4.98. The number of aromatic nitrogens is 1. The van der Waals surface area contributed by atoms with Crippen LogP contribution in [0.2, 0.25) is 0 Å². The minimum atomic E-state index is -0.482. The van der Waals surface area contributed by atoms with Crippen LogP contribution in [0.4, 0.5) is 0 Å². The van der Waals surface area contributed by atoms with Gasteiger partial charge < -0.3 is 14.2 Å². The topological polar surface area (TPSA) is 57.7 Å². The third-order valence-electron chi connectivity index (χ3n) is 2.91. The summed E-state index contributed by atoms with van der Waals surface area (Å²) in [7, 11) is 1.33. The van der Waals surface area contributed by atoms with Crippen LogP contribution in [0.15, 0.2) is 24.3 Å². The second-order valence-electron chi connectivity index (χ2n) is 4.46. The van der Waals surface area contributed by atoms with Gasteiger partial charge in [-0.3, -0.25) is 0 Å². The molecule has 0 N–H and O–H groups in total. The average molecular weight is 289 g/mol. The molecule has 0 saturated carbocycles. The van der Waals surface area contributed by atoms with Crippen LogP contribution in [-0.4, -0.2) is 31.3 Å². The van der Waals surface area contributed by atoms with Crippen molar-refractivity contribution in [3.63, 3.8) is 0 Å². The summed E-state index contributed by atoms with van der Waals surface area (Å²) < 4.78 is 15.9. The molecule has 0 aliphatic carbocycles. The van der Waals surface area contributed by atoms with Crippen molar-refractivity contribution in [1.29, 1.82) is 0 Å². The number of rotatable bonds is 6. The fraction of sp³-hybridized carbons (Fsp3) is 0.375. The van der Waals surface area contributed by atoms with E-state index in [1.165, 1.54) is 7.11 Å². The molecule has 0 amide bonds. The maximum Gasteiger partial charge on any atom is 0.356 e. The van der Waals surface area contributed by atoms with E-state index >= 15 is 0 Å². The Morgan fingerprint density at radius 2 is 2.00 bits per heavy atom. The third-order valence-corrected chi connectivity index (χ3v) is 2.91. The Morgan fingerprint density at radius 1 is 1.19 bits per heavy atom. The fourth-order valence-corrected chi connectivity index (χ4v) is 1.97. The van der Waals surface area contributed by atoms with Gasteiger partial charge in [0.25, 0.3) is 0 Å². The van der Waals surface area contributed by atoms with Gasteiger partial charge in [0.05, 0.1) is 25.8 Å². The largest absolute Gasteiger partial charge is 0.494 e. The van der Waals surface area contributed by atoms with Crippen LogP contribution in [0.3, 0.4) is 0 Å². The number of nitrogens with zero attached hydrogens (tertiary/aromatic N) is 1. The summed E-state index contributed by atoms with van der Waals surface area (Å²) in [6.45, 7) is 5.10. The van der Waals surface area contributed by atoms with Crippen LogP contribution in [0, 0.1) is 0 Å². The molecule has 1 aromatic heterocycles. The predicted molar refractivity (Wildman–Crippen MR) is 80.0 cm³/mol. The molecule has 5 nitrogen and oxygen atoms in total. The van der Waals surface area contributed by atoms with Gasteiger partial charge in [0.1, 0.15) is 11.5 Å². The van der Waals surface area contributed by atoms with E-state index < -0.39 is 5.97 Å². The molecule has 0 saturated heterocycles. The highest BCUT2D eigenvalue weighted by Gasteiger charge is 2.13. The summed E-state index contributed by atoms with van der Waals surface area (Å²) in [6.07, 6.45) is 0.940. The molecule has 1 aromatic carbocycles. The van der Waals surface area contributed by atoms with Crippen LogP contribution in [-0.2, 0) is 4.74 Å². The molecule has 0 spiro atoms. The first kappa shape index (κ1) is 15.1. The van der Waals surface area contributed by atoms with Crippen molar-refractivity contribution < 1.29 is 19.0 Å². The van der Waals surface area contributed by atoms with Gasteiger partial charge in [-0.05, 0) is 31.5 Å². The van der Waals surface area contributed by atoms with Crippen molar-refractivity contribution in [3.05, 3.63) is 30.0 Å². The fourth-order valence-electron chi connectivity index (χ4n) is 1.97. The lowest BCUT2D eigenvalue weighted by Gasteiger charge is -2.11. The van der Waals surface area contributed by atoms with Gasteiger partial charge in [-0.15, -0.1) is 0 Å². The molecule has 0 bridgehead atoms. The second kappa shape index (κ2) is 6.92. The Bertz CT molecular complexity index is 639. The van der Waals surface area contributed by atoms with E-state index in [0.29, 0.717) is 24.5 Å². The first-order valence-electron chi connectivity index (χ1n) is 6.98. The summed E-state index contributed by atoms with van der Waals surface area (Å²) >= 11 is 0. The van der Waals surface area contributed by atoms with E-state index in [2.05, 4.69) is 11.9 Å². The quantitative estimate of drug-likeness (QED) is 0.764. The van der Waals surface area contributed by atoms with Crippen molar-refractivity contribution in [2.45, 2.75) is 20.3 Å². The summed E-state index contributed by atoms with van der Waals surface area (Å²) in [4.78, 5) is 16.0. The normalized spacial score (nSPS) is 10.4. The maximum absolute atomic E-state index is 11.7. The molecule has 21 heavy (non-hydrogen) atoms. The maximum atomic E-state index is 11.7. The number of hydrogen-bond acceptors (Lipinski definition) is 5. The van der Waals surface area contributed by atoms with Crippen LogP contribution < -0.4 is 9.47 Å². The molecule has 0 fully saturated rings. The molecule has 2 aromatic rings. The Hall–Kier alpha value is -2.30. The molecule has 0 atom stereocenters. The van der Waals surface area contributed by atoms with E-state index in [1.807, 2.05) is 25.1 Å². The van der Waals surface area contributed by atoms with Gasteiger partial charge in [-0.25, -0.2) is 9.78 Å². The predicted octanol–water partition coefficient (Wildman–Crippen LogP) is 3.21. The van der Waals surface area contributed by atoms with Gasteiger partial charge in [0, 0.05) is 11.5 Å². The zero-order valence-corrected chi connectivity index (χ0v) is 12.5. The highest BCUT2D eigenvalue weighted by molar-refractivity contribution is 5.94. The highest BCUT2D eigenvalue weighted by atomic mass is 16.5. The van der Waals surface area contributed by atoms with Crippen molar-refractivity contribution in [2.75, 3.05) is 20.3 Å². The van der Waals surface area contributed by atoms with Gasteiger partial charge in [0.2, 0.25) is 0 Å². The lowest BCUT2D eigenvalue weighted by Crippen LogP contribution is -2.06. The van der Waals surface area contributed by atoms with E-state index in [9.17, 15) is 4.79 Å². The van der Waals surface area contributed by atoms with Crippen molar-refractivity contribution in [2.24, 2.45) is 0 Å². The van der Waals surface area contributed by atoms with Gasteiger partial charge in [-0.2, -0.15) is 0 Å². The van der Waals surface area contributed by atoms with Gasteiger partial charge >= 0.3 is 5.97 Å². The Balaban J connectivity index is 2.50. The highest BCUT2D eigenvalue weighted by Crippen LogP contribution is 2.29. The molecular formula is C16H19NO4. The summed E-state index contributed by atoms with van der Waals surface area (Å²) in [5, 5.41) is 0.818. The van der Waals surface area contributed by atoms with Crippen molar-refractivity contribution >= 4 is 16.9 Å². The number of pyridine rings is 1. The number of carbonyl (C=O) groups excluding carboxylic acids is 1. The number of methoxy groups -OCH3 is 1. The molecule has 112 valence electrons. The monoisotopic (exact) mass is 289 g/mol. The molecule has 2 rings (SSSR count). The number of carbonyl (C=O) groups is 1. The zero-order valence-electron chi connectivity index (χ0n) is 12.5. The first-order chi connectivity index (χ1) is 10.2. The lowest BCUT2D eigenvalue weighted by molar-refractivity contribution is 0.0594. The minimum Gasteiger partial charge on any atom is -0.494 e. The van der Waals surface area contributed by atoms with E-state index in [-0.39, 0.29) is 5.69 Å². The van der Waals surface area contributed by atoms with Crippen LogP contribution >= 0.6 is 0 Å². The standard InChI is InChI=1S/C16H19NO4/c1-4-8-21-11-6-7-13-12(9-11)15(20-5-2)10-14(17-13)16(18)19-3/h6-7,9-10H,4-5,8H2,1-3H3. The zero-order chi connectivity index (χ0) is 15.2. The Morgan fingerprint density at radius 3 is 2.67 bits per heavy atom.